The van der Waals surface area contributed by atoms with Crippen molar-refractivity contribution in [3.05, 3.63) is 29.8 Å². The molecule has 0 spiro atoms. The van der Waals surface area contributed by atoms with Crippen LogP contribution in [-0.4, -0.2) is 32.1 Å². The van der Waals surface area contributed by atoms with Gasteiger partial charge in [-0.1, -0.05) is 26.0 Å². The lowest BCUT2D eigenvalue weighted by atomic mass is 9.75. The van der Waals surface area contributed by atoms with Gasteiger partial charge in [-0.25, -0.2) is 4.79 Å². The van der Waals surface area contributed by atoms with Crippen molar-refractivity contribution in [2.24, 2.45) is 11.3 Å². The number of ether oxygens (including phenoxy) is 1. The molecule has 0 radical (unpaired) electrons. The molecule has 1 amide bonds. The number of methoxy groups -OCH3 is 1. The Balaban J connectivity index is 2.25. The van der Waals surface area contributed by atoms with Crippen molar-refractivity contribution in [3.63, 3.8) is 0 Å². The second-order valence-corrected chi connectivity index (χ2v) is 5.73. The van der Waals surface area contributed by atoms with Gasteiger partial charge in [-0.3, -0.25) is 4.79 Å². The molecule has 1 fully saturated rings. The maximum atomic E-state index is 12.7. The molecule has 0 aliphatic carbocycles. The van der Waals surface area contributed by atoms with E-state index in [2.05, 4.69) is 24.5 Å². The summed E-state index contributed by atoms with van der Waals surface area (Å²) in [6.07, 6.45) is 0.802. The largest absolute Gasteiger partial charge is 0.465 e. The molecule has 1 heterocycles. The molecule has 1 saturated heterocycles. The number of esters is 1. The lowest BCUT2D eigenvalue weighted by molar-refractivity contribution is -0.126. The number of amides is 1. The SMILES string of the molecule is COC(=O)c1ccccc1NC(=O)C1(C(C)C)CCNC1. The van der Waals surface area contributed by atoms with Crippen LogP contribution in [0.15, 0.2) is 24.3 Å². The van der Waals surface area contributed by atoms with Crippen molar-refractivity contribution >= 4 is 17.6 Å². The number of hydrogen-bond acceptors (Lipinski definition) is 4. The molecule has 1 atom stereocenters. The Morgan fingerprint density at radius 3 is 2.62 bits per heavy atom. The molecular weight excluding hydrogens is 268 g/mol. The summed E-state index contributed by atoms with van der Waals surface area (Å²) in [7, 11) is 1.33. The van der Waals surface area contributed by atoms with E-state index in [1.807, 2.05) is 0 Å². The van der Waals surface area contributed by atoms with Gasteiger partial charge in [-0.15, -0.1) is 0 Å². The Labute approximate surface area is 125 Å². The Kier molecular flexibility index (Phi) is 4.63. The molecule has 5 heteroatoms. The van der Waals surface area contributed by atoms with Crippen molar-refractivity contribution in [2.45, 2.75) is 20.3 Å². The first-order valence-electron chi connectivity index (χ1n) is 7.21. The molecule has 5 nitrogen and oxygen atoms in total. The summed E-state index contributed by atoms with van der Waals surface area (Å²) < 4.78 is 4.75. The topological polar surface area (TPSA) is 67.4 Å². The molecule has 0 saturated carbocycles. The fourth-order valence-corrected chi connectivity index (χ4v) is 2.79. The van der Waals surface area contributed by atoms with Crippen LogP contribution in [0, 0.1) is 11.3 Å². The molecule has 1 aromatic rings. The quantitative estimate of drug-likeness (QED) is 0.833. The number of carbonyl (C=O) groups is 2. The summed E-state index contributed by atoms with van der Waals surface area (Å²) in [5, 5.41) is 6.17. The lowest BCUT2D eigenvalue weighted by Gasteiger charge is -2.31. The van der Waals surface area contributed by atoms with E-state index in [9.17, 15) is 9.59 Å². The molecule has 1 aliphatic heterocycles. The van der Waals surface area contributed by atoms with Crippen LogP contribution in [0.25, 0.3) is 0 Å². The highest BCUT2D eigenvalue weighted by Gasteiger charge is 2.44. The van der Waals surface area contributed by atoms with Gasteiger partial charge >= 0.3 is 5.97 Å². The summed E-state index contributed by atoms with van der Waals surface area (Å²) in [6, 6.07) is 6.91. The average molecular weight is 290 g/mol. The van der Waals surface area contributed by atoms with Crippen LogP contribution in [0.4, 0.5) is 5.69 Å². The van der Waals surface area contributed by atoms with Gasteiger partial charge in [-0.05, 0) is 31.0 Å². The highest BCUT2D eigenvalue weighted by atomic mass is 16.5. The van der Waals surface area contributed by atoms with Gasteiger partial charge < -0.3 is 15.4 Å². The molecule has 1 aromatic carbocycles. The van der Waals surface area contributed by atoms with Crippen molar-refractivity contribution in [2.75, 3.05) is 25.5 Å². The number of para-hydroxylation sites is 1. The van der Waals surface area contributed by atoms with E-state index in [0.717, 1.165) is 13.0 Å². The second kappa shape index (κ2) is 6.26. The van der Waals surface area contributed by atoms with Gasteiger partial charge in [0.05, 0.1) is 23.8 Å². The third-order valence-corrected chi connectivity index (χ3v) is 4.33. The van der Waals surface area contributed by atoms with Gasteiger partial charge in [0.2, 0.25) is 5.91 Å². The van der Waals surface area contributed by atoms with E-state index in [-0.39, 0.29) is 11.8 Å². The minimum absolute atomic E-state index is 0.0427. The monoisotopic (exact) mass is 290 g/mol. The van der Waals surface area contributed by atoms with Crippen LogP contribution < -0.4 is 10.6 Å². The first-order chi connectivity index (χ1) is 10.0. The smallest absolute Gasteiger partial charge is 0.339 e. The van der Waals surface area contributed by atoms with E-state index in [0.29, 0.717) is 17.8 Å². The molecule has 1 unspecified atom stereocenters. The highest BCUT2D eigenvalue weighted by molar-refractivity contribution is 6.03. The van der Waals surface area contributed by atoms with E-state index >= 15 is 0 Å². The maximum Gasteiger partial charge on any atom is 0.339 e. The normalized spacial score (nSPS) is 21.3. The minimum Gasteiger partial charge on any atom is -0.465 e. The van der Waals surface area contributed by atoms with Crippen molar-refractivity contribution < 1.29 is 14.3 Å². The third-order valence-electron chi connectivity index (χ3n) is 4.33. The zero-order valence-electron chi connectivity index (χ0n) is 12.7. The Morgan fingerprint density at radius 1 is 1.33 bits per heavy atom. The average Bonchev–Trinajstić information content (AvgIpc) is 2.98. The Morgan fingerprint density at radius 2 is 2.05 bits per heavy atom. The van der Waals surface area contributed by atoms with E-state index in [1.165, 1.54) is 7.11 Å². The molecule has 0 aromatic heterocycles. The number of rotatable bonds is 4. The van der Waals surface area contributed by atoms with Crippen LogP contribution in [0.1, 0.15) is 30.6 Å². The van der Waals surface area contributed by atoms with Crippen LogP contribution in [0.2, 0.25) is 0 Å². The summed E-state index contributed by atoms with van der Waals surface area (Å²) in [4.78, 5) is 24.5. The number of nitrogens with one attached hydrogen (secondary N) is 2. The number of anilines is 1. The predicted molar refractivity (Wildman–Crippen MR) is 81.2 cm³/mol. The standard InChI is InChI=1S/C16H22N2O3/c1-11(2)16(8-9-17-10-16)15(20)18-13-7-5-4-6-12(13)14(19)21-3/h4-7,11,17H,8-10H2,1-3H3,(H,18,20). The second-order valence-electron chi connectivity index (χ2n) is 5.73. The summed E-state index contributed by atoms with van der Waals surface area (Å²) in [6.45, 7) is 5.61. The summed E-state index contributed by atoms with van der Waals surface area (Å²) >= 11 is 0. The number of carbonyl (C=O) groups excluding carboxylic acids is 2. The van der Waals surface area contributed by atoms with Crippen LogP contribution in [0.3, 0.4) is 0 Å². The number of hydrogen-bond donors (Lipinski definition) is 2. The van der Waals surface area contributed by atoms with Gasteiger partial charge in [-0.2, -0.15) is 0 Å². The summed E-state index contributed by atoms with van der Waals surface area (Å²) in [5.41, 5.74) is 0.447. The highest BCUT2D eigenvalue weighted by Crippen LogP contribution is 2.35. The van der Waals surface area contributed by atoms with Crippen LogP contribution >= 0.6 is 0 Å². The Bertz CT molecular complexity index is 534. The van der Waals surface area contributed by atoms with E-state index in [4.69, 9.17) is 4.74 Å². The zero-order valence-corrected chi connectivity index (χ0v) is 12.7. The van der Waals surface area contributed by atoms with Crippen molar-refractivity contribution in [1.29, 1.82) is 0 Å². The molecule has 21 heavy (non-hydrogen) atoms. The summed E-state index contributed by atoms with van der Waals surface area (Å²) in [5.74, 6) is -0.273. The molecular formula is C16H22N2O3. The molecule has 0 bridgehead atoms. The van der Waals surface area contributed by atoms with E-state index in [1.54, 1.807) is 24.3 Å². The van der Waals surface area contributed by atoms with Gasteiger partial charge in [0, 0.05) is 6.54 Å². The minimum atomic E-state index is -0.450. The van der Waals surface area contributed by atoms with Crippen LogP contribution in [0.5, 0.6) is 0 Å². The zero-order chi connectivity index (χ0) is 15.5. The fourth-order valence-electron chi connectivity index (χ4n) is 2.79. The first kappa shape index (κ1) is 15.5. The maximum absolute atomic E-state index is 12.7. The van der Waals surface area contributed by atoms with E-state index < -0.39 is 11.4 Å². The van der Waals surface area contributed by atoms with Crippen LogP contribution in [-0.2, 0) is 9.53 Å². The molecule has 2 N–H and O–H groups in total. The first-order valence-corrected chi connectivity index (χ1v) is 7.21. The third kappa shape index (κ3) is 2.93. The van der Waals surface area contributed by atoms with Gasteiger partial charge in [0.25, 0.3) is 0 Å². The van der Waals surface area contributed by atoms with Crippen molar-refractivity contribution in [3.8, 4) is 0 Å². The molecule has 1 aliphatic rings. The molecule has 2 rings (SSSR count). The Hall–Kier alpha value is -1.88. The van der Waals surface area contributed by atoms with Gasteiger partial charge in [0.15, 0.2) is 0 Å². The van der Waals surface area contributed by atoms with Gasteiger partial charge in [0.1, 0.15) is 0 Å². The molecule has 114 valence electrons. The lowest BCUT2D eigenvalue weighted by Crippen LogP contribution is -2.42. The van der Waals surface area contributed by atoms with Crippen molar-refractivity contribution in [1.82, 2.24) is 5.32 Å². The fraction of sp³-hybridized carbons (Fsp3) is 0.500. The number of benzene rings is 1. The predicted octanol–water partition coefficient (Wildman–Crippen LogP) is 2.05.